The molecule has 0 aromatic carbocycles. The molecule has 0 radical (unpaired) electrons. The van der Waals surface area contributed by atoms with Crippen molar-refractivity contribution >= 4 is 5.91 Å². The van der Waals surface area contributed by atoms with Gasteiger partial charge in [0.25, 0.3) is 0 Å². The van der Waals surface area contributed by atoms with Crippen molar-refractivity contribution in [3.63, 3.8) is 0 Å². The van der Waals surface area contributed by atoms with Crippen LogP contribution in [0.3, 0.4) is 0 Å². The number of nitrogens with zero attached hydrogens (tertiary/aromatic N) is 1. The maximum Gasteiger partial charge on any atom is 0.236 e. The lowest BCUT2D eigenvalue weighted by Gasteiger charge is -2.32. The molecule has 2 N–H and O–H groups in total. The van der Waals surface area contributed by atoms with E-state index in [1.807, 2.05) is 6.92 Å². The molecule has 1 amide bonds. The summed E-state index contributed by atoms with van der Waals surface area (Å²) in [5.74, 6) is 0.0126. The summed E-state index contributed by atoms with van der Waals surface area (Å²) in [4.78, 5) is 13.2. The van der Waals surface area contributed by atoms with Gasteiger partial charge in [-0.1, -0.05) is 12.2 Å². The first-order valence-corrected chi connectivity index (χ1v) is 5.37. The number of amides is 1. The summed E-state index contributed by atoms with van der Waals surface area (Å²) in [5.41, 5.74) is 6.34. The Balaban J connectivity index is 2.35. The van der Waals surface area contributed by atoms with Crippen molar-refractivity contribution in [2.45, 2.75) is 25.9 Å². The minimum absolute atomic E-state index is 0.0126. The van der Waals surface area contributed by atoms with E-state index in [1.165, 1.54) is 0 Å². The molecule has 0 spiro atoms. The fourth-order valence-electron chi connectivity index (χ4n) is 1.69. The molecule has 1 fully saturated rings. The van der Waals surface area contributed by atoms with Crippen LogP contribution >= 0.6 is 0 Å². The minimum atomic E-state index is 0.0126. The molecule has 1 unspecified atom stereocenters. The lowest BCUT2D eigenvalue weighted by atomic mass is 10.1. The van der Waals surface area contributed by atoms with Gasteiger partial charge in [-0.3, -0.25) is 4.79 Å². The van der Waals surface area contributed by atoms with Gasteiger partial charge in [0, 0.05) is 13.1 Å². The van der Waals surface area contributed by atoms with Gasteiger partial charge in [0.2, 0.25) is 5.91 Å². The molecule has 1 aliphatic heterocycles. The van der Waals surface area contributed by atoms with E-state index in [4.69, 9.17) is 10.5 Å². The maximum atomic E-state index is 11.4. The molecule has 0 bridgehead atoms. The summed E-state index contributed by atoms with van der Waals surface area (Å²) in [7, 11) is 0. The van der Waals surface area contributed by atoms with Crippen molar-refractivity contribution in [2.24, 2.45) is 5.73 Å². The minimum Gasteiger partial charge on any atom is -0.372 e. The van der Waals surface area contributed by atoms with Gasteiger partial charge in [-0.05, 0) is 19.8 Å². The highest BCUT2D eigenvalue weighted by Gasteiger charge is 2.22. The maximum absolute atomic E-state index is 11.4. The van der Waals surface area contributed by atoms with Crippen molar-refractivity contribution in [2.75, 3.05) is 26.2 Å². The Hall–Kier alpha value is -0.870. The van der Waals surface area contributed by atoms with Crippen LogP contribution in [0, 0.1) is 0 Å². The fraction of sp³-hybridized carbons (Fsp3) is 0.727. The van der Waals surface area contributed by atoms with Crippen molar-refractivity contribution < 1.29 is 9.53 Å². The van der Waals surface area contributed by atoms with Gasteiger partial charge in [0.1, 0.15) is 0 Å². The zero-order valence-corrected chi connectivity index (χ0v) is 9.37. The molecule has 0 aromatic rings. The Morgan fingerprint density at radius 1 is 1.67 bits per heavy atom. The lowest BCUT2D eigenvalue weighted by Crippen LogP contribution is -2.45. The van der Waals surface area contributed by atoms with Crippen LogP contribution in [0.4, 0.5) is 0 Å². The first kappa shape index (κ1) is 12.2. The average Bonchev–Trinajstić information content (AvgIpc) is 2.25. The SMILES string of the molecule is C=C(C)COC1CCCN(C(=O)CN)C1. The summed E-state index contributed by atoms with van der Waals surface area (Å²) >= 11 is 0. The Bertz CT molecular complexity index is 241. The number of hydrogen-bond donors (Lipinski definition) is 1. The first-order valence-electron chi connectivity index (χ1n) is 5.37. The van der Waals surface area contributed by atoms with Crippen LogP contribution in [-0.4, -0.2) is 43.2 Å². The summed E-state index contributed by atoms with van der Waals surface area (Å²) < 4.78 is 5.64. The highest BCUT2D eigenvalue weighted by atomic mass is 16.5. The number of hydrogen-bond acceptors (Lipinski definition) is 3. The van der Waals surface area contributed by atoms with Crippen LogP contribution in [0.1, 0.15) is 19.8 Å². The summed E-state index contributed by atoms with van der Waals surface area (Å²) in [5, 5.41) is 0. The van der Waals surface area contributed by atoms with Gasteiger partial charge in [-0.2, -0.15) is 0 Å². The van der Waals surface area contributed by atoms with Crippen molar-refractivity contribution in [3.05, 3.63) is 12.2 Å². The van der Waals surface area contributed by atoms with Crippen molar-refractivity contribution in [3.8, 4) is 0 Å². The fourth-order valence-corrected chi connectivity index (χ4v) is 1.69. The molecule has 1 rings (SSSR count). The number of piperidine rings is 1. The molecule has 1 atom stereocenters. The summed E-state index contributed by atoms with van der Waals surface area (Å²) in [6.45, 7) is 7.87. The van der Waals surface area contributed by atoms with E-state index < -0.39 is 0 Å². The monoisotopic (exact) mass is 212 g/mol. The number of ether oxygens (including phenoxy) is 1. The molecule has 0 aromatic heterocycles. The molecule has 15 heavy (non-hydrogen) atoms. The van der Waals surface area contributed by atoms with E-state index in [-0.39, 0.29) is 18.6 Å². The standard InChI is InChI=1S/C11H20N2O2/c1-9(2)8-15-10-4-3-5-13(7-10)11(14)6-12/h10H,1,3-8,12H2,2H3. The van der Waals surface area contributed by atoms with Crippen LogP contribution in [0.2, 0.25) is 0 Å². The van der Waals surface area contributed by atoms with Crippen molar-refractivity contribution in [1.29, 1.82) is 0 Å². The summed E-state index contributed by atoms with van der Waals surface area (Å²) in [6, 6.07) is 0. The Labute approximate surface area is 91.1 Å². The Morgan fingerprint density at radius 3 is 3.00 bits per heavy atom. The number of likely N-dealkylation sites (tertiary alicyclic amines) is 1. The zero-order chi connectivity index (χ0) is 11.3. The highest BCUT2D eigenvalue weighted by Crippen LogP contribution is 2.13. The van der Waals surface area contributed by atoms with Gasteiger partial charge in [0.15, 0.2) is 0 Å². The van der Waals surface area contributed by atoms with E-state index >= 15 is 0 Å². The molecule has 1 saturated heterocycles. The third-order valence-electron chi connectivity index (χ3n) is 2.47. The van der Waals surface area contributed by atoms with Crippen LogP contribution < -0.4 is 5.73 Å². The third kappa shape index (κ3) is 4.01. The first-order chi connectivity index (χ1) is 7.13. The van der Waals surface area contributed by atoms with E-state index in [2.05, 4.69) is 6.58 Å². The summed E-state index contributed by atoms with van der Waals surface area (Å²) in [6.07, 6.45) is 2.15. The predicted molar refractivity (Wildman–Crippen MR) is 59.4 cm³/mol. The van der Waals surface area contributed by atoms with Gasteiger partial charge >= 0.3 is 0 Å². The van der Waals surface area contributed by atoms with E-state index in [0.717, 1.165) is 25.0 Å². The molecule has 86 valence electrons. The van der Waals surface area contributed by atoms with Gasteiger partial charge in [0.05, 0.1) is 19.3 Å². The quantitative estimate of drug-likeness (QED) is 0.692. The van der Waals surface area contributed by atoms with Crippen LogP contribution in [0.25, 0.3) is 0 Å². The second-order valence-corrected chi connectivity index (χ2v) is 4.08. The third-order valence-corrected chi connectivity index (χ3v) is 2.47. The van der Waals surface area contributed by atoms with Gasteiger partial charge in [-0.15, -0.1) is 0 Å². The average molecular weight is 212 g/mol. The van der Waals surface area contributed by atoms with Gasteiger partial charge in [-0.25, -0.2) is 0 Å². The molecule has 1 heterocycles. The van der Waals surface area contributed by atoms with Gasteiger partial charge < -0.3 is 15.4 Å². The largest absolute Gasteiger partial charge is 0.372 e. The smallest absolute Gasteiger partial charge is 0.236 e. The Morgan fingerprint density at radius 2 is 2.40 bits per heavy atom. The molecule has 1 aliphatic rings. The zero-order valence-electron chi connectivity index (χ0n) is 9.37. The molecule has 0 aliphatic carbocycles. The molecular weight excluding hydrogens is 192 g/mol. The lowest BCUT2D eigenvalue weighted by molar-refractivity contribution is -0.133. The number of carbonyl (C=O) groups is 1. The second kappa shape index (κ2) is 5.88. The molecule has 4 nitrogen and oxygen atoms in total. The van der Waals surface area contributed by atoms with E-state index in [9.17, 15) is 4.79 Å². The van der Waals surface area contributed by atoms with Crippen molar-refractivity contribution in [1.82, 2.24) is 4.90 Å². The van der Waals surface area contributed by atoms with Crippen LogP contribution in [0.5, 0.6) is 0 Å². The Kier molecular flexibility index (Phi) is 4.78. The normalized spacial score (nSPS) is 21.5. The number of carbonyl (C=O) groups excluding carboxylic acids is 1. The topological polar surface area (TPSA) is 55.6 Å². The predicted octanol–water partition coefficient (Wildman–Crippen LogP) is 0.529. The van der Waals surface area contributed by atoms with Crippen LogP contribution in [0.15, 0.2) is 12.2 Å². The van der Waals surface area contributed by atoms with E-state index in [1.54, 1.807) is 4.90 Å². The highest BCUT2D eigenvalue weighted by molar-refractivity contribution is 5.78. The number of nitrogens with two attached hydrogens (primary N) is 1. The molecule has 0 saturated carbocycles. The number of rotatable bonds is 4. The molecular formula is C11H20N2O2. The second-order valence-electron chi connectivity index (χ2n) is 4.08. The van der Waals surface area contributed by atoms with Crippen LogP contribution in [-0.2, 0) is 9.53 Å². The molecule has 4 heteroatoms. The van der Waals surface area contributed by atoms with E-state index in [0.29, 0.717) is 13.2 Å².